The lowest BCUT2D eigenvalue weighted by atomic mass is 10.00. The number of anilines is 2. The van der Waals surface area contributed by atoms with Gasteiger partial charge in [0, 0.05) is 35.4 Å². The van der Waals surface area contributed by atoms with E-state index in [-0.39, 0.29) is 52.4 Å². The van der Waals surface area contributed by atoms with Crippen molar-refractivity contribution in [1.82, 2.24) is 4.98 Å². The third-order valence-corrected chi connectivity index (χ3v) is 7.14. The van der Waals surface area contributed by atoms with Gasteiger partial charge in [-0.25, -0.2) is 18.6 Å². The first-order valence-corrected chi connectivity index (χ1v) is 14.0. The summed E-state index contributed by atoms with van der Waals surface area (Å²) in [5.74, 6) is -2.50. The molecular formula is C32H28ClF2N3O5. The highest BCUT2D eigenvalue weighted by Gasteiger charge is 2.19. The van der Waals surface area contributed by atoms with Crippen LogP contribution in [0.2, 0.25) is 5.02 Å². The van der Waals surface area contributed by atoms with Gasteiger partial charge in [-0.15, -0.1) is 0 Å². The van der Waals surface area contributed by atoms with E-state index >= 15 is 4.39 Å². The van der Waals surface area contributed by atoms with Gasteiger partial charge in [-0.05, 0) is 60.9 Å². The smallest absolute Gasteiger partial charge is 0.335 e. The zero-order valence-corrected chi connectivity index (χ0v) is 23.7. The molecule has 1 saturated heterocycles. The molecule has 1 aliphatic rings. The summed E-state index contributed by atoms with van der Waals surface area (Å²) in [6.45, 7) is 1.01. The quantitative estimate of drug-likeness (QED) is 0.173. The minimum Gasteiger partial charge on any atom is -0.478 e. The van der Waals surface area contributed by atoms with E-state index in [9.17, 15) is 19.1 Å². The summed E-state index contributed by atoms with van der Waals surface area (Å²) in [4.78, 5) is 29.1. The van der Waals surface area contributed by atoms with E-state index in [0.717, 1.165) is 12.8 Å². The average Bonchev–Trinajstić information content (AvgIpc) is 3.50. The fourth-order valence-corrected chi connectivity index (χ4v) is 4.92. The van der Waals surface area contributed by atoms with Crippen molar-refractivity contribution in [3.63, 3.8) is 0 Å². The second kappa shape index (κ2) is 13.6. The molecule has 0 spiro atoms. The summed E-state index contributed by atoms with van der Waals surface area (Å²) < 4.78 is 40.6. The number of aromatic carboxylic acids is 1. The van der Waals surface area contributed by atoms with Gasteiger partial charge in [0.25, 0.3) is 0 Å². The van der Waals surface area contributed by atoms with Crippen molar-refractivity contribution in [1.29, 1.82) is 0 Å². The molecule has 0 radical (unpaired) electrons. The summed E-state index contributed by atoms with van der Waals surface area (Å²) in [7, 11) is 0. The molecule has 1 atom stereocenters. The van der Waals surface area contributed by atoms with Gasteiger partial charge in [0.05, 0.1) is 35.2 Å². The van der Waals surface area contributed by atoms with Crippen LogP contribution in [-0.4, -0.2) is 41.2 Å². The number of carboxylic acids is 1. The normalized spacial score (nSPS) is 14.3. The molecule has 0 aliphatic carbocycles. The summed E-state index contributed by atoms with van der Waals surface area (Å²) in [6.07, 6.45) is 1.63. The SMILES string of the molecule is O=C(Cc1cccc(F)c1-c1cccc(OCc2ccc(Cl)cc2F)n1)Nc1ccc(C(=O)O)cc1NC[C@@H]1CCCO1. The first-order chi connectivity index (χ1) is 20.8. The highest BCUT2D eigenvalue weighted by molar-refractivity contribution is 6.30. The van der Waals surface area contributed by atoms with Crippen molar-refractivity contribution < 1.29 is 33.0 Å². The number of rotatable bonds is 11. The number of hydrogen-bond donors (Lipinski definition) is 3. The van der Waals surface area contributed by atoms with Gasteiger partial charge in [-0.1, -0.05) is 35.9 Å². The molecule has 2 heterocycles. The van der Waals surface area contributed by atoms with Crippen LogP contribution in [0, 0.1) is 11.6 Å². The molecule has 8 nitrogen and oxygen atoms in total. The lowest BCUT2D eigenvalue weighted by Crippen LogP contribution is -2.21. The Balaban J connectivity index is 1.33. The monoisotopic (exact) mass is 607 g/mol. The van der Waals surface area contributed by atoms with E-state index in [1.54, 1.807) is 30.3 Å². The summed E-state index contributed by atoms with van der Waals surface area (Å²) in [5.41, 5.74) is 1.90. The first-order valence-electron chi connectivity index (χ1n) is 13.6. The number of aromatic nitrogens is 1. The average molecular weight is 608 g/mol. The molecule has 3 aromatic carbocycles. The molecule has 4 aromatic rings. The van der Waals surface area contributed by atoms with Gasteiger partial charge in [-0.2, -0.15) is 0 Å². The van der Waals surface area contributed by atoms with Crippen LogP contribution in [0.5, 0.6) is 5.88 Å². The number of hydrogen-bond acceptors (Lipinski definition) is 6. The van der Waals surface area contributed by atoms with E-state index in [4.69, 9.17) is 21.1 Å². The van der Waals surface area contributed by atoms with E-state index in [1.165, 1.54) is 42.5 Å². The lowest BCUT2D eigenvalue weighted by molar-refractivity contribution is -0.115. The topological polar surface area (TPSA) is 110 Å². The molecule has 43 heavy (non-hydrogen) atoms. The second-order valence-corrected chi connectivity index (χ2v) is 10.4. The zero-order chi connectivity index (χ0) is 30.3. The number of carbonyl (C=O) groups is 2. The minimum atomic E-state index is -1.10. The van der Waals surface area contributed by atoms with E-state index in [2.05, 4.69) is 15.6 Å². The number of ether oxygens (including phenoxy) is 2. The fraction of sp³-hybridized carbons (Fsp3) is 0.219. The zero-order valence-electron chi connectivity index (χ0n) is 22.9. The minimum absolute atomic E-state index is 0.00987. The van der Waals surface area contributed by atoms with Crippen LogP contribution >= 0.6 is 11.6 Å². The molecule has 0 bridgehead atoms. The fourth-order valence-electron chi connectivity index (χ4n) is 4.76. The predicted molar refractivity (Wildman–Crippen MR) is 159 cm³/mol. The number of benzene rings is 3. The Hall–Kier alpha value is -4.54. The Labute approximate surface area is 251 Å². The largest absolute Gasteiger partial charge is 0.478 e. The number of amides is 1. The molecule has 11 heteroatoms. The van der Waals surface area contributed by atoms with Gasteiger partial charge in [0.15, 0.2) is 0 Å². The third kappa shape index (κ3) is 7.65. The molecule has 0 unspecified atom stereocenters. The second-order valence-electron chi connectivity index (χ2n) is 9.97. The number of carbonyl (C=O) groups excluding carboxylic acids is 1. The van der Waals surface area contributed by atoms with E-state index in [0.29, 0.717) is 30.1 Å². The number of halogens is 3. The molecule has 1 fully saturated rings. The van der Waals surface area contributed by atoms with E-state index < -0.39 is 23.5 Å². The molecule has 1 aliphatic heterocycles. The standard InChI is InChI=1S/C32H28ClF2N3O5/c33-22-11-9-21(25(35)16-22)18-43-30-8-2-7-27(38-30)31-19(4-1-6-24(31)34)15-29(39)37-26-12-10-20(32(40)41)14-28(26)36-17-23-5-3-13-42-23/h1-2,4,6-12,14,16,23,36H,3,5,13,15,17-18H2,(H,37,39)(H,40,41)/t23-/m0/s1. The van der Waals surface area contributed by atoms with Crippen molar-refractivity contribution in [2.45, 2.75) is 32.0 Å². The first kappa shape index (κ1) is 29.9. The van der Waals surface area contributed by atoms with Crippen molar-refractivity contribution in [2.24, 2.45) is 0 Å². The maximum Gasteiger partial charge on any atom is 0.335 e. The summed E-state index contributed by atoms with van der Waals surface area (Å²) in [5, 5.41) is 15.7. The van der Waals surface area contributed by atoms with Crippen LogP contribution in [0.15, 0.2) is 72.8 Å². The van der Waals surface area contributed by atoms with Crippen LogP contribution in [0.1, 0.15) is 34.3 Å². The Bertz CT molecular complexity index is 1650. The Morgan fingerprint density at radius 1 is 1.00 bits per heavy atom. The van der Waals surface area contributed by atoms with Crippen molar-refractivity contribution in [3.05, 3.63) is 106 Å². The van der Waals surface area contributed by atoms with Crippen LogP contribution in [0.25, 0.3) is 11.3 Å². The molecule has 1 aromatic heterocycles. The summed E-state index contributed by atoms with van der Waals surface area (Å²) in [6, 6.07) is 17.8. The van der Waals surface area contributed by atoms with Crippen molar-refractivity contribution >= 4 is 34.9 Å². The van der Waals surface area contributed by atoms with Gasteiger partial charge >= 0.3 is 5.97 Å². The lowest BCUT2D eigenvalue weighted by Gasteiger charge is -2.17. The molecule has 3 N–H and O–H groups in total. The third-order valence-electron chi connectivity index (χ3n) is 6.91. The molecular weight excluding hydrogens is 580 g/mol. The highest BCUT2D eigenvalue weighted by atomic mass is 35.5. The Kier molecular flexibility index (Phi) is 9.48. The van der Waals surface area contributed by atoms with Crippen molar-refractivity contribution in [3.8, 4) is 17.1 Å². The van der Waals surface area contributed by atoms with Crippen LogP contribution < -0.4 is 15.4 Å². The number of carboxylic acid groups (broad SMARTS) is 1. The Morgan fingerprint density at radius 2 is 1.84 bits per heavy atom. The van der Waals surface area contributed by atoms with Gasteiger partial charge < -0.3 is 25.2 Å². The maximum atomic E-state index is 15.2. The molecule has 5 rings (SSSR count). The molecule has 1 amide bonds. The number of nitrogens with zero attached hydrogens (tertiary/aromatic N) is 1. The molecule has 0 saturated carbocycles. The maximum absolute atomic E-state index is 15.2. The van der Waals surface area contributed by atoms with Crippen LogP contribution in [0.4, 0.5) is 20.2 Å². The van der Waals surface area contributed by atoms with Crippen LogP contribution in [-0.2, 0) is 22.6 Å². The van der Waals surface area contributed by atoms with Gasteiger partial charge in [0.2, 0.25) is 11.8 Å². The number of pyridine rings is 1. The highest BCUT2D eigenvalue weighted by Crippen LogP contribution is 2.29. The number of nitrogens with one attached hydrogen (secondary N) is 2. The van der Waals surface area contributed by atoms with Crippen molar-refractivity contribution in [2.75, 3.05) is 23.8 Å². The van der Waals surface area contributed by atoms with Crippen LogP contribution in [0.3, 0.4) is 0 Å². The van der Waals surface area contributed by atoms with E-state index in [1.807, 2.05) is 0 Å². The molecule has 222 valence electrons. The predicted octanol–water partition coefficient (Wildman–Crippen LogP) is 6.73. The summed E-state index contributed by atoms with van der Waals surface area (Å²) >= 11 is 5.81. The Morgan fingerprint density at radius 3 is 2.60 bits per heavy atom. The van der Waals surface area contributed by atoms with Gasteiger partial charge in [0.1, 0.15) is 18.2 Å². The van der Waals surface area contributed by atoms with Gasteiger partial charge in [-0.3, -0.25) is 4.79 Å².